The minimum atomic E-state index is 0.207. The zero-order valence-electron chi connectivity index (χ0n) is 10.3. The van der Waals surface area contributed by atoms with Gasteiger partial charge in [-0.25, -0.2) is 4.98 Å². The van der Waals surface area contributed by atoms with E-state index in [0.29, 0.717) is 12.5 Å². The molecule has 18 heavy (non-hydrogen) atoms. The number of aliphatic imine (C=N–C) groups is 1. The van der Waals surface area contributed by atoms with Gasteiger partial charge in [-0.05, 0) is 25.0 Å². The Labute approximate surface area is 106 Å². The van der Waals surface area contributed by atoms with E-state index in [1.54, 1.807) is 6.20 Å². The molecule has 96 valence electrons. The number of rotatable bonds is 4. The fourth-order valence-corrected chi connectivity index (χ4v) is 2.21. The molecule has 3 rings (SSSR count). The zero-order chi connectivity index (χ0) is 12.2. The molecule has 0 aromatic carbocycles. The van der Waals surface area contributed by atoms with Crippen molar-refractivity contribution in [2.75, 3.05) is 26.3 Å². The lowest BCUT2D eigenvalue weighted by Gasteiger charge is -2.13. The topological polar surface area (TPSA) is 55.7 Å². The highest BCUT2D eigenvalue weighted by Crippen LogP contribution is 2.18. The number of pyridine rings is 1. The van der Waals surface area contributed by atoms with Crippen molar-refractivity contribution in [1.82, 2.24) is 10.3 Å². The molecular formula is C13H17N3O2. The fourth-order valence-electron chi connectivity index (χ4n) is 2.21. The smallest absolute Gasteiger partial charge is 0.224 e. The summed E-state index contributed by atoms with van der Waals surface area (Å²) < 4.78 is 11.3. The van der Waals surface area contributed by atoms with Crippen LogP contribution in [0.4, 0.5) is 0 Å². The monoisotopic (exact) mass is 247 g/mol. The molecule has 0 aliphatic carbocycles. The van der Waals surface area contributed by atoms with Crippen LogP contribution in [-0.4, -0.2) is 43.2 Å². The van der Waals surface area contributed by atoms with Gasteiger partial charge in [0.15, 0.2) is 0 Å². The largest absolute Gasteiger partial charge is 0.474 e. The van der Waals surface area contributed by atoms with E-state index < -0.39 is 0 Å². The highest BCUT2D eigenvalue weighted by atomic mass is 16.5. The Hall–Kier alpha value is -1.62. The summed E-state index contributed by atoms with van der Waals surface area (Å²) in [7, 11) is 0. The number of hydrogen-bond donors (Lipinski definition) is 1. The molecule has 2 aliphatic heterocycles. The third-order valence-corrected chi connectivity index (χ3v) is 3.13. The van der Waals surface area contributed by atoms with Crippen molar-refractivity contribution < 1.29 is 9.47 Å². The summed E-state index contributed by atoms with van der Waals surface area (Å²) in [5, 5.41) is 3.24. The van der Waals surface area contributed by atoms with E-state index in [9.17, 15) is 0 Å². The van der Waals surface area contributed by atoms with E-state index in [-0.39, 0.29) is 6.10 Å². The predicted octanol–water partition coefficient (Wildman–Crippen LogP) is 0.989. The van der Waals surface area contributed by atoms with Gasteiger partial charge in [0.25, 0.3) is 0 Å². The molecule has 1 atom stereocenters. The van der Waals surface area contributed by atoms with Crippen LogP contribution < -0.4 is 10.1 Å². The van der Waals surface area contributed by atoms with Crippen LogP contribution in [0.15, 0.2) is 23.3 Å². The molecule has 1 unspecified atom stereocenters. The van der Waals surface area contributed by atoms with Gasteiger partial charge in [-0.15, -0.1) is 0 Å². The molecule has 0 bridgehead atoms. The third-order valence-electron chi connectivity index (χ3n) is 3.13. The molecule has 5 heteroatoms. The first-order chi connectivity index (χ1) is 8.93. The minimum Gasteiger partial charge on any atom is -0.474 e. The molecule has 5 nitrogen and oxygen atoms in total. The maximum absolute atomic E-state index is 5.78. The highest BCUT2D eigenvalue weighted by Gasteiger charge is 2.19. The Kier molecular flexibility index (Phi) is 3.41. The zero-order valence-corrected chi connectivity index (χ0v) is 10.3. The molecule has 2 aliphatic rings. The molecule has 0 spiro atoms. The van der Waals surface area contributed by atoms with Crippen molar-refractivity contribution in [1.29, 1.82) is 0 Å². The predicted molar refractivity (Wildman–Crippen MR) is 68.1 cm³/mol. The second kappa shape index (κ2) is 5.35. The van der Waals surface area contributed by atoms with E-state index in [2.05, 4.69) is 15.3 Å². The van der Waals surface area contributed by atoms with Crippen LogP contribution >= 0.6 is 0 Å². The van der Waals surface area contributed by atoms with Gasteiger partial charge in [0, 0.05) is 19.3 Å². The molecular weight excluding hydrogens is 230 g/mol. The second-order valence-electron chi connectivity index (χ2n) is 4.46. The lowest BCUT2D eigenvalue weighted by Crippen LogP contribution is -2.22. The van der Waals surface area contributed by atoms with Gasteiger partial charge in [0.2, 0.25) is 5.88 Å². The first-order valence-electron chi connectivity index (χ1n) is 6.41. The minimum absolute atomic E-state index is 0.207. The van der Waals surface area contributed by atoms with Crippen molar-refractivity contribution in [3.8, 4) is 5.88 Å². The van der Waals surface area contributed by atoms with Crippen LogP contribution in [0.1, 0.15) is 18.4 Å². The molecule has 0 radical (unpaired) electrons. The number of amidine groups is 1. The van der Waals surface area contributed by atoms with Gasteiger partial charge in [-0.1, -0.05) is 0 Å². The fraction of sp³-hybridized carbons (Fsp3) is 0.538. The quantitative estimate of drug-likeness (QED) is 0.862. The molecule has 1 fully saturated rings. The van der Waals surface area contributed by atoms with E-state index >= 15 is 0 Å². The average molecular weight is 247 g/mol. The Balaban J connectivity index is 1.70. The van der Waals surface area contributed by atoms with Crippen molar-refractivity contribution in [3.05, 3.63) is 23.9 Å². The lowest BCUT2D eigenvalue weighted by atomic mass is 10.2. The standard InChI is InChI=1S/C13H17N3O2/c1-4-11(12-14-6-7-15-12)13(16-5-1)18-9-10-3-2-8-17-10/h1,4-5,10H,2-3,6-9H2,(H,14,15). The summed E-state index contributed by atoms with van der Waals surface area (Å²) in [5.74, 6) is 1.52. The van der Waals surface area contributed by atoms with Crippen molar-refractivity contribution in [2.24, 2.45) is 4.99 Å². The number of hydrogen-bond acceptors (Lipinski definition) is 5. The summed E-state index contributed by atoms with van der Waals surface area (Å²) in [6.07, 6.45) is 4.14. The molecule has 1 N–H and O–H groups in total. The van der Waals surface area contributed by atoms with Crippen LogP contribution in [0.5, 0.6) is 5.88 Å². The Morgan fingerprint density at radius 2 is 2.50 bits per heavy atom. The SMILES string of the molecule is c1cnc(OCC2CCCO2)c(C2=NCCN2)c1. The summed E-state index contributed by atoms with van der Waals surface area (Å²) in [6.45, 7) is 3.11. The van der Waals surface area contributed by atoms with Gasteiger partial charge in [0.05, 0.1) is 18.2 Å². The van der Waals surface area contributed by atoms with Crippen LogP contribution in [0.25, 0.3) is 0 Å². The third kappa shape index (κ3) is 2.46. The maximum Gasteiger partial charge on any atom is 0.224 e. The summed E-state index contributed by atoms with van der Waals surface area (Å²) in [6, 6.07) is 3.88. The Morgan fingerprint density at radius 1 is 1.50 bits per heavy atom. The van der Waals surface area contributed by atoms with Crippen molar-refractivity contribution in [2.45, 2.75) is 18.9 Å². The summed E-state index contributed by atoms with van der Waals surface area (Å²) in [5.41, 5.74) is 0.938. The van der Waals surface area contributed by atoms with E-state index in [4.69, 9.17) is 9.47 Å². The lowest BCUT2D eigenvalue weighted by molar-refractivity contribution is 0.0662. The Bertz CT molecular complexity index is 442. The maximum atomic E-state index is 5.78. The first-order valence-corrected chi connectivity index (χ1v) is 6.41. The molecule has 1 aromatic heterocycles. The van der Waals surface area contributed by atoms with Crippen LogP contribution in [0.3, 0.4) is 0 Å². The normalized spacial score (nSPS) is 22.7. The van der Waals surface area contributed by atoms with Gasteiger partial charge >= 0.3 is 0 Å². The molecule has 1 aromatic rings. The number of nitrogens with one attached hydrogen (secondary N) is 1. The van der Waals surface area contributed by atoms with Gasteiger partial charge in [0.1, 0.15) is 12.4 Å². The van der Waals surface area contributed by atoms with E-state index in [1.165, 1.54) is 0 Å². The number of aromatic nitrogens is 1. The van der Waals surface area contributed by atoms with Gasteiger partial charge < -0.3 is 14.8 Å². The number of nitrogens with zero attached hydrogens (tertiary/aromatic N) is 2. The molecule has 1 saturated heterocycles. The van der Waals surface area contributed by atoms with Crippen molar-refractivity contribution in [3.63, 3.8) is 0 Å². The number of ether oxygens (including phenoxy) is 2. The van der Waals surface area contributed by atoms with Gasteiger partial charge in [-0.2, -0.15) is 0 Å². The second-order valence-corrected chi connectivity index (χ2v) is 4.46. The van der Waals surface area contributed by atoms with E-state index in [0.717, 1.165) is 43.9 Å². The highest BCUT2D eigenvalue weighted by molar-refractivity contribution is 6.01. The van der Waals surface area contributed by atoms with Crippen molar-refractivity contribution >= 4 is 5.84 Å². The molecule has 0 saturated carbocycles. The first kappa shape index (κ1) is 11.5. The molecule has 3 heterocycles. The Morgan fingerprint density at radius 3 is 3.28 bits per heavy atom. The van der Waals surface area contributed by atoms with Gasteiger partial charge in [-0.3, -0.25) is 4.99 Å². The van der Waals surface area contributed by atoms with E-state index in [1.807, 2.05) is 12.1 Å². The van der Waals surface area contributed by atoms with Crippen LogP contribution in [0.2, 0.25) is 0 Å². The van der Waals surface area contributed by atoms with Crippen LogP contribution in [0, 0.1) is 0 Å². The van der Waals surface area contributed by atoms with Crippen LogP contribution in [-0.2, 0) is 4.74 Å². The molecule has 0 amide bonds. The summed E-state index contributed by atoms with van der Waals surface area (Å²) >= 11 is 0. The summed E-state index contributed by atoms with van der Waals surface area (Å²) in [4.78, 5) is 8.69. The average Bonchev–Trinajstić information content (AvgIpc) is 3.10.